The molecule has 1 N–H and O–H groups in total. The van der Waals surface area contributed by atoms with Gasteiger partial charge in [0.15, 0.2) is 5.13 Å². The van der Waals surface area contributed by atoms with Gasteiger partial charge in [-0.05, 0) is 55.5 Å². The van der Waals surface area contributed by atoms with E-state index < -0.39 is 0 Å². The van der Waals surface area contributed by atoms with Gasteiger partial charge in [0.25, 0.3) is 5.91 Å². The van der Waals surface area contributed by atoms with Crippen molar-refractivity contribution in [3.63, 3.8) is 0 Å². The summed E-state index contributed by atoms with van der Waals surface area (Å²) in [5, 5.41) is 3.54. The first-order chi connectivity index (χ1) is 15.7. The molecule has 166 valence electrons. The number of nitrogens with one attached hydrogen (secondary N) is 1. The number of pyridine rings is 1. The number of rotatable bonds is 5. The van der Waals surface area contributed by atoms with Gasteiger partial charge >= 0.3 is 0 Å². The summed E-state index contributed by atoms with van der Waals surface area (Å²) in [4.78, 5) is 24.5. The van der Waals surface area contributed by atoms with Crippen molar-refractivity contribution in [2.24, 2.45) is 0 Å². The molecule has 0 radical (unpaired) electrons. The second-order valence-corrected chi connectivity index (χ2v) is 8.94. The van der Waals surface area contributed by atoms with Crippen molar-refractivity contribution in [3.05, 3.63) is 47.8 Å². The van der Waals surface area contributed by atoms with Crippen LogP contribution in [0.5, 0.6) is 5.75 Å². The van der Waals surface area contributed by atoms with E-state index in [0.717, 1.165) is 47.5 Å². The summed E-state index contributed by atoms with van der Waals surface area (Å²) >= 11 is 1.47. The zero-order valence-electron chi connectivity index (χ0n) is 18.1. The van der Waals surface area contributed by atoms with Crippen molar-refractivity contribution in [3.8, 4) is 5.75 Å². The van der Waals surface area contributed by atoms with Crippen molar-refractivity contribution >= 4 is 43.9 Å². The molecule has 1 aliphatic heterocycles. The number of allylic oxidation sites excluding steroid dienone is 2. The van der Waals surface area contributed by atoms with Crippen molar-refractivity contribution in [2.45, 2.75) is 25.7 Å². The molecular formula is C24H26N4O3S. The summed E-state index contributed by atoms with van der Waals surface area (Å²) in [6, 6.07) is 7.61. The Balaban J connectivity index is 1.43. The number of fused-ring (bicyclic) bond motifs is 1. The maximum Gasteiger partial charge on any atom is 0.257 e. The minimum Gasteiger partial charge on any atom is -0.494 e. The number of carbonyl (C=O) groups excluding carboxylic acids is 1. The molecule has 3 aromatic rings. The number of anilines is 2. The van der Waals surface area contributed by atoms with E-state index in [9.17, 15) is 4.79 Å². The Kier molecular flexibility index (Phi) is 6.05. The lowest BCUT2D eigenvalue weighted by molar-refractivity contribution is 0.102. The lowest BCUT2D eigenvalue weighted by atomic mass is 9.96. The normalized spacial score (nSPS) is 16.7. The molecule has 32 heavy (non-hydrogen) atoms. The number of hydrogen-bond acceptors (Lipinski definition) is 7. The first kappa shape index (κ1) is 20.9. The number of aromatic nitrogens is 2. The molecule has 1 fully saturated rings. The van der Waals surface area contributed by atoms with Crippen molar-refractivity contribution < 1.29 is 14.3 Å². The molecular weight excluding hydrogens is 424 g/mol. The third kappa shape index (κ3) is 4.20. The summed E-state index contributed by atoms with van der Waals surface area (Å²) in [6.45, 7) is 3.07. The molecule has 1 aromatic carbocycles. The fourth-order valence-corrected chi connectivity index (χ4v) is 5.25. The fourth-order valence-electron chi connectivity index (χ4n) is 4.23. The molecule has 2 aromatic heterocycles. The number of nitrogens with zero attached hydrogens (tertiary/aromatic N) is 3. The van der Waals surface area contributed by atoms with Crippen LogP contribution >= 0.6 is 11.3 Å². The van der Waals surface area contributed by atoms with E-state index in [0.29, 0.717) is 29.7 Å². The Bertz CT molecular complexity index is 1170. The predicted molar refractivity (Wildman–Crippen MR) is 128 cm³/mol. The molecule has 0 atom stereocenters. The van der Waals surface area contributed by atoms with Crippen molar-refractivity contribution in [1.82, 2.24) is 9.97 Å². The number of hydrogen-bond donors (Lipinski definition) is 1. The predicted octanol–water partition coefficient (Wildman–Crippen LogP) is 4.75. The van der Waals surface area contributed by atoms with Gasteiger partial charge in [-0.15, -0.1) is 0 Å². The van der Waals surface area contributed by atoms with Gasteiger partial charge in [-0.25, -0.2) is 4.98 Å². The van der Waals surface area contributed by atoms with E-state index in [1.165, 1.54) is 29.8 Å². The molecule has 5 rings (SSSR count). The van der Waals surface area contributed by atoms with Gasteiger partial charge in [0.2, 0.25) is 0 Å². The number of methoxy groups -OCH3 is 1. The van der Waals surface area contributed by atoms with Gasteiger partial charge in [0.1, 0.15) is 11.3 Å². The van der Waals surface area contributed by atoms with Crippen LogP contribution in [-0.4, -0.2) is 49.3 Å². The van der Waals surface area contributed by atoms with Crippen LogP contribution in [0.4, 0.5) is 10.8 Å². The van der Waals surface area contributed by atoms with Crippen LogP contribution in [0.2, 0.25) is 0 Å². The number of ether oxygens (including phenoxy) is 2. The fraction of sp³-hybridized carbons (Fsp3) is 0.375. The summed E-state index contributed by atoms with van der Waals surface area (Å²) in [5.74, 6) is 0.514. The Morgan fingerprint density at radius 3 is 2.88 bits per heavy atom. The molecule has 8 heteroatoms. The van der Waals surface area contributed by atoms with Crippen LogP contribution in [-0.2, 0) is 4.74 Å². The molecule has 0 saturated carbocycles. The average molecular weight is 451 g/mol. The zero-order valence-corrected chi connectivity index (χ0v) is 18.9. The Hall–Kier alpha value is -2.97. The van der Waals surface area contributed by atoms with Crippen LogP contribution in [0, 0.1) is 0 Å². The van der Waals surface area contributed by atoms with E-state index >= 15 is 0 Å². The minimum absolute atomic E-state index is 0.184. The molecule has 1 saturated heterocycles. The van der Waals surface area contributed by atoms with Crippen molar-refractivity contribution in [1.29, 1.82) is 0 Å². The largest absolute Gasteiger partial charge is 0.494 e. The van der Waals surface area contributed by atoms with E-state index in [4.69, 9.17) is 14.5 Å². The molecule has 3 heterocycles. The van der Waals surface area contributed by atoms with Gasteiger partial charge < -0.3 is 14.4 Å². The standard InChI is InChI=1S/C24H26N4O3S/c1-30-20-8-7-19(28-11-13-31-14-12-28)22-21(20)26-24(32-22)27-23(29)17-9-10-25-18(15-17)16-5-3-2-4-6-16/h5,7-10,15H,2-4,6,11-14H2,1H3,(H,26,27,29). The zero-order chi connectivity index (χ0) is 21.9. The van der Waals surface area contributed by atoms with Crippen LogP contribution in [0.1, 0.15) is 41.7 Å². The highest BCUT2D eigenvalue weighted by Gasteiger charge is 2.20. The number of morpholine rings is 1. The molecule has 1 aliphatic carbocycles. The van der Waals surface area contributed by atoms with Gasteiger partial charge in [0.05, 0.1) is 36.4 Å². The Morgan fingerprint density at radius 1 is 1.22 bits per heavy atom. The van der Waals surface area contributed by atoms with E-state index in [1.807, 2.05) is 12.1 Å². The van der Waals surface area contributed by atoms with E-state index in [2.05, 4.69) is 27.3 Å². The monoisotopic (exact) mass is 450 g/mol. The van der Waals surface area contributed by atoms with Crippen LogP contribution in [0.3, 0.4) is 0 Å². The first-order valence-electron chi connectivity index (χ1n) is 11.0. The highest BCUT2D eigenvalue weighted by atomic mass is 32.1. The third-order valence-corrected chi connectivity index (χ3v) is 6.91. The summed E-state index contributed by atoms with van der Waals surface area (Å²) in [6.07, 6.45) is 8.42. The summed E-state index contributed by atoms with van der Waals surface area (Å²) in [7, 11) is 1.64. The molecule has 0 spiro atoms. The Labute approximate surface area is 191 Å². The molecule has 0 bridgehead atoms. The summed E-state index contributed by atoms with van der Waals surface area (Å²) in [5.41, 5.74) is 4.56. The highest BCUT2D eigenvalue weighted by Crippen LogP contribution is 2.39. The summed E-state index contributed by atoms with van der Waals surface area (Å²) < 4.78 is 12.0. The molecule has 0 unspecified atom stereocenters. The molecule has 7 nitrogen and oxygen atoms in total. The van der Waals surface area contributed by atoms with Crippen molar-refractivity contribution in [2.75, 3.05) is 43.6 Å². The maximum atomic E-state index is 13.0. The number of amides is 1. The highest BCUT2D eigenvalue weighted by molar-refractivity contribution is 7.23. The quantitative estimate of drug-likeness (QED) is 0.605. The second kappa shape index (κ2) is 9.26. The molecule has 1 amide bonds. The minimum atomic E-state index is -0.184. The van der Waals surface area contributed by atoms with Gasteiger partial charge in [-0.2, -0.15) is 0 Å². The maximum absolute atomic E-state index is 13.0. The van der Waals surface area contributed by atoms with Gasteiger partial charge in [0, 0.05) is 24.8 Å². The number of thiazole rings is 1. The molecule has 2 aliphatic rings. The lowest BCUT2D eigenvalue weighted by Crippen LogP contribution is -2.36. The SMILES string of the molecule is COc1ccc(N2CCOCC2)c2sc(NC(=O)c3ccnc(C4=CCCCC4)c3)nc12. The van der Waals surface area contributed by atoms with Gasteiger partial charge in [-0.3, -0.25) is 15.1 Å². The van der Waals surface area contributed by atoms with E-state index in [1.54, 1.807) is 19.4 Å². The first-order valence-corrected chi connectivity index (χ1v) is 11.8. The lowest BCUT2D eigenvalue weighted by Gasteiger charge is -2.29. The van der Waals surface area contributed by atoms with Gasteiger partial charge in [-0.1, -0.05) is 17.4 Å². The topological polar surface area (TPSA) is 76.6 Å². The van der Waals surface area contributed by atoms with Crippen LogP contribution in [0.25, 0.3) is 15.8 Å². The second-order valence-electron chi connectivity index (χ2n) is 7.94. The number of carbonyl (C=O) groups is 1. The van der Waals surface area contributed by atoms with E-state index in [-0.39, 0.29) is 5.91 Å². The Morgan fingerprint density at radius 2 is 2.09 bits per heavy atom. The van der Waals surface area contributed by atoms with Crippen LogP contribution in [0.15, 0.2) is 36.5 Å². The average Bonchev–Trinajstić information content (AvgIpc) is 3.28. The number of benzene rings is 1. The van der Waals surface area contributed by atoms with Crippen LogP contribution < -0.4 is 15.0 Å². The smallest absolute Gasteiger partial charge is 0.257 e. The third-order valence-electron chi connectivity index (χ3n) is 5.92.